The van der Waals surface area contributed by atoms with Gasteiger partial charge in [0.05, 0.1) is 22.5 Å². The van der Waals surface area contributed by atoms with Gasteiger partial charge in [-0.2, -0.15) is 0 Å². The maximum Gasteiger partial charge on any atom is 0.292 e. The van der Waals surface area contributed by atoms with Gasteiger partial charge >= 0.3 is 0 Å². The Labute approximate surface area is 221 Å². The normalized spacial score (nSPS) is 20.1. The summed E-state index contributed by atoms with van der Waals surface area (Å²) in [6.07, 6.45) is 5.18. The molecule has 0 unspecified atom stereocenters. The number of para-hydroxylation sites is 1. The maximum absolute atomic E-state index is 11.7. The molecule has 0 fully saturated rings. The fourth-order valence-electron chi connectivity index (χ4n) is 4.94. The first kappa shape index (κ1) is 24.0. The lowest BCUT2D eigenvalue weighted by molar-refractivity contribution is -0.384. The second-order valence-electron chi connectivity index (χ2n) is 8.53. The van der Waals surface area contributed by atoms with Gasteiger partial charge < -0.3 is 14.8 Å². The third kappa shape index (κ3) is 4.48. The number of rotatable bonds is 6. The summed E-state index contributed by atoms with van der Waals surface area (Å²) < 4.78 is 12.5. The van der Waals surface area contributed by atoms with Gasteiger partial charge in [-0.3, -0.25) is 10.1 Å². The van der Waals surface area contributed by atoms with Crippen LogP contribution in [0.4, 0.5) is 11.4 Å². The van der Waals surface area contributed by atoms with Crippen LogP contribution in [0.15, 0.2) is 65.2 Å². The number of nitro groups is 1. The van der Waals surface area contributed by atoms with Crippen molar-refractivity contribution in [1.82, 2.24) is 0 Å². The summed E-state index contributed by atoms with van der Waals surface area (Å²) in [4.78, 5) is 11.4. The van der Waals surface area contributed by atoms with Crippen molar-refractivity contribution in [2.24, 2.45) is 5.92 Å². The topological polar surface area (TPSA) is 73.6 Å². The van der Waals surface area contributed by atoms with E-state index in [1.807, 2.05) is 24.3 Å². The number of nitro benzene ring substituents is 1. The van der Waals surface area contributed by atoms with Crippen molar-refractivity contribution >= 4 is 50.5 Å². The van der Waals surface area contributed by atoms with Gasteiger partial charge in [-0.1, -0.05) is 53.6 Å². The summed E-state index contributed by atoms with van der Waals surface area (Å²) in [6.45, 7) is 0.236. The Morgan fingerprint density at radius 3 is 2.77 bits per heavy atom. The Balaban J connectivity index is 1.48. The molecule has 5 rings (SSSR count). The van der Waals surface area contributed by atoms with E-state index in [-0.39, 0.29) is 35.1 Å². The molecule has 1 aliphatic carbocycles. The molecule has 1 aliphatic heterocycles. The Bertz CT molecular complexity index is 1350. The quantitative estimate of drug-likeness (QED) is 0.183. The fourth-order valence-corrected chi connectivity index (χ4v) is 5.97. The SMILES string of the molecule is COc1cc([C@@H]2Nc3c(cccc3[N+](=O)[O-])[C@@H]3C=CC[C@H]32)cc(Br)c1OCc1ccc(Cl)cc1Cl. The second-order valence-corrected chi connectivity index (χ2v) is 10.2. The summed E-state index contributed by atoms with van der Waals surface area (Å²) in [5.74, 6) is 1.42. The molecule has 1 N–H and O–H groups in total. The first-order valence-corrected chi connectivity index (χ1v) is 12.6. The monoisotopic (exact) mass is 574 g/mol. The Morgan fingerprint density at radius 2 is 2.03 bits per heavy atom. The Kier molecular flexibility index (Phi) is 6.66. The van der Waals surface area contributed by atoms with E-state index in [1.165, 1.54) is 6.07 Å². The number of anilines is 1. The number of methoxy groups -OCH3 is 1. The van der Waals surface area contributed by atoms with E-state index in [0.717, 1.165) is 27.6 Å². The molecule has 9 heteroatoms. The summed E-state index contributed by atoms with van der Waals surface area (Å²) >= 11 is 15.9. The predicted octanol–water partition coefficient (Wildman–Crippen LogP) is 8.08. The molecule has 0 bridgehead atoms. The van der Waals surface area contributed by atoms with Crippen LogP contribution in [0.2, 0.25) is 10.0 Å². The summed E-state index contributed by atoms with van der Waals surface area (Å²) in [7, 11) is 1.59. The van der Waals surface area contributed by atoms with Crippen LogP contribution in [-0.2, 0) is 6.61 Å². The molecule has 0 saturated carbocycles. The van der Waals surface area contributed by atoms with Gasteiger partial charge in [-0.25, -0.2) is 0 Å². The third-order valence-electron chi connectivity index (χ3n) is 6.57. The Hall–Kier alpha value is -2.74. The highest BCUT2D eigenvalue weighted by molar-refractivity contribution is 9.10. The number of benzene rings is 3. The van der Waals surface area contributed by atoms with Crippen LogP contribution in [-0.4, -0.2) is 12.0 Å². The highest BCUT2D eigenvalue weighted by atomic mass is 79.9. The Morgan fingerprint density at radius 1 is 1.20 bits per heavy atom. The van der Waals surface area contributed by atoms with Gasteiger partial charge in [0.25, 0.3) is 5.69 Å². The smallest absolute Gasteiger partial charge is 0.292 e. The van der Waals surface area contributed by atoms with E-state index in [2.05, 4.69) is 33.4 Å². The molecule has 35 heavy (non-hydrogen) atoms. The summed E-state index contributed by atoms with van der Waals surface area (Å²) in [6, 6.07) is 14.3. The minimum atomic E-state index is -0.336. The summed E-state index contributed by atoms with van der Waals surface area (Å²) in [5.41, 5.74) is 3.36. The number of nitrogens with zero attached hydrogens (tertiary/aromatic N) is 1. The molecule has 2 aliphatic rings. The van der Waals surface area contributed by atoms with Crippen LogP contribution in [0, 0.1) is 16.0 Å². The summed E-state index contributed by atoms with van der Waals surface area (Å²) in [5, 5.41) is 16.3. The first-order chi connectivity index (χ1) is 16.9. The predicted molar refractivity (Wildman–Crippen MR) is 141 cm³/mol. The van der Waals surface area contributed by atoms with Gasteiger partial charge in [0, 0.05) is 27.6 Å². The van der Waals surface area contributed by atoms with Gasteiger partial charge in [-0.05, 0) is 63.7 Å². The van der Waals surface area contributed by atoms with Gasteiger partial charge in [0.1, 0.15) is 12.3 Å². The molecule has 3 aromatic carbocycles. The van der Waals surface area contributed by atoms with E-state index < -0.39 is 0 Å². The van der Waals surface area contributed by atoms with Gasteiger partial charge in [-0.15, -0.1) is 0 Å². The lowest BCUT2D eigenvalue weighted by Crippen LogP contribution is -2.29. The minimum absolute atomic E-state index is 0.0806. The number of halogens is 3. The lowest BCUT2D eigenvalue weighted by atomic mass is 9.76. The van der Waals surface area contributed by atoms with Crippen LogP contribution in [0.1, 0.15) is 35.1 Å². The van der Waals surface area contributed by atoms with Gasteiger partial charge in [0.15, 0.2) is 11.5 Å². The van der Waals surface area contributed by atoms with Crippen molar-refractivity contribution in [2.45, 2.75) is 25.0 Å². The van der Waals surface area contributed by atoms with Gasteiger partial charge in [0.2, 0.25) is 0 Å². The number of ether oxygens (including phenoxy) is 2. The van der Waals surface area contributed by atoms with Crippen molar-refractivity contribution in [3.8, 4) is 11.5 Å². The van der Waals surface area contributed by atoms with Crippen LogP contribution in [0.25, 0.3) is 0 Å². The average molecular weight is 576 g/mol. The lowest BCUT2D eigenvalue weighted by Gasteiger charge is -2.37. The van der Waals surface area contributed by atoms with Crippen molar-refractivity contribution in [3.63, 3.8) is 0 Å². The molecule has 6 nitrogen and oxygen atoms in total. The van der Waals surface area contributed by atoms with Crippen molar-refractivity contribution in [2.75, 3.05) is 12.4 Å². The molecular weight excluding hydrogens is 555 g/mol. The molecule has 180 valence electrons. The zero-order valence-electron chi connectivity index (χ0n) is 18.6. The average Bonchev–Trinajstić information content (AvgIpc) is 3.33. The largest absolute Gasteiger partial charge is 0.493 e. The zero-order chi connectivity index (χ0) is 24.7. The number of hydrogen-bond acceptors (Lipinski definition) is 5. The van der Waals surface area contributed by atoms with E-state index in [4.69, 9.17) is 32.7 Å². The van der Waals surface area contributed by atoms with Crippen LogP contribution in [0.5, 0.6) is 11.5 Å². The van der Waals surface area contributed by atoms with Crippen LogP contribution in [0.3, 0.4) is 0 Å². The molecule has 0 aromatic heterocycles. The molecule has 0 saturated heterocycles. The second kappa shape index (κ2) is 9.72. The molecule has 0 amide bonds. The van der Waals surface area contributed by atoms with E-state index >= 15 is 0 Å². The number of allylic oxidation sites excluding steroid dienone is 2. The third-order valence-corrected chi connectivity index (χ3v) is 7.75. The van der Waals surface area contributed by atoms with Crippen molar-refractivity contribution < 1.29 is 14.4 Å². The highest BCUT2D eigenvalue weighted by Crippen LogP contribution is 2.53. The highest BCUT2D eigenvalue weighted by Gasteiger charge is 2.40. The molecular formula is C26H21BrCl2N2O4. The number of hydrogen-bond donors (Lipinski definition) is 1. The van der Waals surface area contributed by atoms with Crippen LogP contribution >= 0.6 is 39.1 Å². The molecule has 3 atom stereocenters. The standard InChI is InChI=1S/C26H21BrCl2N2O4/c1-34-23-11-15(10-20(27)26(23)35-13-14-8-9-16(28)12-21(14)29)24-18-5-2-4-17(18)19-6-3-7-22(31(32)33)25(19)30-24/h2-4,6-12,17-18,24,30H,5,13H2,1H3/t17-,18-,24+/m1/s1. The number of nitrogens with one attached hydrogen (secondary N) is 1. The molecule has 3 aromatic rings. The molecule has 0 spiro atoms. The van der Waals surface area contributed by atoms with Crippen molar-refractivity contribution in [1.29, 1.82) is 0 Å². The molecule has 1 heterocycles. The fraction of sp³-hybridized carbons (Fsp3) is 0.231. The first-order valence-electron chi connectivity index (χ1n) is 11.0. The maximum atomic E-state index is 11.7. The minimum Gasteiger partial charge on any atom is -0.493 e. The van der Waals surface area contributed by atoms with Crippen molar-refractivity contribution in [3.05, 3.63) is 102 Å². The van der Waals surface area contributed by atoms with E-state index in [0.29, 0.717) is 27.2 Å². The zero-order valence-corrected chi connectivity index (χ0v) is 21.7. The molecule has 0 radical (unpaired) electrons. The number of fused-ring (bicyclic) bond motifs is 3. The van der Waals surface area contributed by atoms with E-state index in [1.54, 1.807) is 25.3 Å². The van der Waals surface area contributed by atoms with E-state index in [9.17, 15) is 10.1 Å². The van der Waals surface area contributed by atoms with Crippen LogP contribution < -0.4 is 14.8 Å².